The van der Waals surface area contributed by atoms with Crippen molar-refractivity contribution in [3.8, 4) is 5.75 Å². The lowest BCUT2D eigenvalue weighted by Crippen LogP contribution is -2.16. The van der Waals surface area contributed by atoms with Gasteiger partial charge in [-0.05, 0) is 24.6 Å². The summed E-state index contributed by atoms with van der Waals surface area (Å²) in [6, 6.07) is 21.2. The second-order valence-corrected chi connectivity index (χ2v) is 5.82. The molecule has 0 bridgehead atoms. The molecule has 0 aliphatic carbocycles. The van der Waals surface area contributed by atoms with Crippen molar-refractivity contribution in [2.75, 3.05) is 0 Å². The van der Waals surface area contributed by atoms with Crippen LogP contribution in [0.1, 0.15) is 37.4 Å². The quantitative estimate of drug-likeness (QED) is 0.368. The standard InChI is InChI=1S/C23H18O3/c1-3-17-11-7-8-15-20(17)26-23(25)19-14-9-10-16(2)21(19)22(24)18-12-5-4-6-13-18/h3-15H,1H2,2H3. The lowest BCUT2D eigenvalue weighted by atomic mass is 9.94. The molecule has 3 rings (SSSR count). The molecule has 0 aromatic heterocycles. The summed E-state index contributed by atoms with van der Waals surface area (Å²) in [5.41, 5.74) is 2.58. The molecular formula is C23H18O3. The fraction of sp³-hybridized carbons (Fsp3) is 0.0435. The van der Waals surface area contributed by atoms with Crippen LogP contribution in [0.4, 0.5) is 0 Å². The Kier molecular flexibility index (Phi) is 5.09. The predicted molar refractivity (Wildman–Crippen MR) is 103 cm³/mol. The first kappa shape index (κ1) is 17.4. The number of ether oxygens (including phenoxy) is 1. The van der Waals surface area contributed by atoms with Crippen LogP contribution in [-0.2, 0) is 0 Å². The van der Waals surface area contributed by atoms with Gasteiger partial charge in [-0.2, -0.15) is 0 Å². The van der Waals surface area contributed by atoms with Gasteiger partial charge in [0.25, 0.3) is 0 Å². The molecule has 0 atom stereocenters. The molecule has 0 amide bonds. The minimum Gasteiger partial charge on any atom is -0.422 e. The highest BCUT2D eigenvalue weighted by atomic mass is 16.5. The predicted octanol–water partition coefficient (Wildman–Crippen LogP) is 5.09. The molecule has 3 heteroatoms. The van der Waals surface area contributed by atoms with Gasteiger partial charge in [-0.1, -0.05) is 73.3 Å². The highest BCUT2D eigenvalue weighted by molar-refractivity contribution is 6.15. The first-order valence-corrected chi connectivity index (χ1v) is 8.25. The Balaban J connectivity index is 2.00. The zero-order valence-corrected chi connectivity index (χ0v) is 14.4. The van der Waals surface area contributed by atoms with E-state index in [9.17, 15) is 9.59 Å². The highest BCUT2D eigenvalue weighted by Crippen LogP contribution is 2.23. The van der Waals surface area contributed by atoms with Crippen LogP contribution in [-0.4, -0.2) is 11.8 Å². The number of hydrogen-bond acceptors (Lipinski definition) is 3. The van der Waals surface area contributed by atoms with Crippen molar-refractivity contribution < 1.29 is 14.3 Å². The maximum Gasteiger partial charge on any atom is 0.344 e. The van der Waals surface area contributed by atoms with Crippen LogP contribution in [0.2, 0.25) is 0 Å². The van der Waals surface area contributed by atoms with E-state index >= 15 is 0 Å². The van der Waals surface area contributed by atoms with Crippen LogP contribution in [0.3, 0.4) is 0 Å². The molecule has 0 radical (unpaired) electrons. The molecule has 128 valence electrons. The topological polar surface area (TPSA) is 43.4 Å². The Morgan fingerprint density at radius 3 is 2.31 bits per heavy atom. The average molecular weight is 342 g/mol. The van der Waals surface area contributed by atoms with E-state index in [1.807, 2.05) is 31.2 Å². The van der Waals surface area contributed by atoms with Gasteiger partial charge < -0.3 is 4.74 Å². The molecule has 3 aromatic rings. The smallest absolute Gasteiger partial charge is 0.344 e. The van der Waals surface area contributed by atoms with E-state index in [1.54, 1.807) is 54.6 Å². The number of ketones is 1. The molecule has 0 saturated heterocycles. The zero-order chi connectivity index (χ0) is 18.5. The fourth-order valence-corrected chi connectivity index (χ4v) is 2.77. The summed E-state index contributed by atoms with van der Waals surface area (Å²) in [7, 11) is 0. The van der Waals surface area contributed by atoms with Crippen LogP contribution in [0.5, 0.6) is 5.75 Å². The van der Waals surface area contributed by atoms with Gasteiger partial charge in [0.1, 0.15) is 5.75 Å². The summed E-state index contributed by atoms with van der Waals surface area (Å²) < 4.78 is 5.54. The lowest BCUT2D eigenvalue weighted by Gasteiger charge is -2.12. The molecular weight excluding hydrogens is 324 g/mol. The minimum absolute atomic E-state index is 0.201. The van der Waals surface area contributed by atoms with Gasteiger partial charge in [0.15, 0.2) is 5.78 Å². The van der Waals surface area contributed by atoms with E-state index in [-0.39, 0.29) is 11.3 Å². The van der Waals surface area contributed by atoms with E-state index in [2.05, 4.69) is 6.58 Å². The van der Waals surface area contributed by atoms with Crippen LogP contribution < -0.4 is 4.74 Å². The minimum atomic E-state index is -0.567. The van der Waals surface area contributed by atoms with E-state index in [0.29, 0.717) is 22.4 Å². The van der Waals surface area contributed by atoms with Crippen molar-refractivity contribution in [1.82, 2.24) is 0 Å². The maximum atomic E-state index is 12.9. The van der Waals surface area contributed by atoms with Crippen molar-refractivity contribution in [2.24, 2.45) is 0 Å². The molecule has 0 heterocycles. The highest BCUT2D eigenvalue weighted by Gasteiger charge is 2.22. The molecule has 3 nitrogen and oxygen atoms in total. The van der Waals surface area contributed by atoms with E-state index in [1.165, 1.54) is 0 Å². The Bertz CT molecular complexity index is 972. The number of carbonyl (C=O) groups excluding carboxylic acids is 2. The summed E-state index contributed by atoms with van der Waals surface area (Å²) in [6.07, 6.45) is 1.62. The molecule has 3 aromatic carbocycles. The normalized spacial score (nSPS) is 10.2. The number of esters is 1. The maximum absolute atomic E-state index is 12.9. The molecule has 0 saturated carbocycles. The SMILES string of the molecule is C=Cc1ccccc1OC(=O)c1cccc(C)c1C(=O)c1ccccc1. The summed E-state index contributed by atoms with van der Waals surface area (Å²) >= 11 is 0. The third-order valence-corrected chi connectivity index (χ3v) is 4.10. The third kappa shape index (κ3) is 3.47. The van der Waals surface area contributed by atoms with Gasteiger partial charge in [-0.25, -0.2) is 4.79 Å². The van der Waals surface area contributed by atoms with Crippen molar-refractivity contribution in [1.29, 1.82) is 0 Å². The number of aryl methyl sites for hydroxylation is 1. The first-order chi connectivity index (χ1) is 12.6. The Labute approximate surface area is 152 Å². The van der Waals surface area contributed by atoms with Gasteiger partial charge in [-0.3, -0.25) is 4.79 Å². The number of hydrogen-bond donors (Lipinski definition) is 0. The van der Waals surface area contributed by atoms with Crippen molar-refractivity contribution in [3.63, 3.8) is 0 Å². The Morgan fingerprint density at radius 2 is 1.58 bits per heavy atom. The summed E-state index contributed by atoms with van der Waals surface area (Å²) in [6.45, 7) is 5.54. The summed E-state index contributed by atoms with van der Waals surface area (Å²) in [5.74, 6) is -0.359. The van der Waals surface area contributed by atoms with Gasteiger partial charge >= 0.3 is 5.97 Å². The van der Waals surface area contributed by atoms with E-state index in [0.717, 1.165) is 5.56 Å². The number of rotatable bonds is 5. The molecule has 26 heavy (non-hydrogen) atoms. The van der Waals surface area contributed by atoms with Crippen molar-refractivity contribution in [2.45, 2.75) is 6.92 Å². The molecule has 0 fully saturated rings. The molecule has 0 N–H and O–H groups in total. The molecule has 0 aliphatic rings. The van der Waals surface area contributed by atoms with E-state index < -0.39 is 5.97 Å². The van der Waals surface area contributed by atoms with Crippen LogP contribution in [0.25, 0.3) is 6.08 Å². The molecule has 0 spiro atoms. The zero-order valence-electron chi connectivity index (χ0n) is 14.4. The number of benzene rings is 3. The van der Waals surface area contributed by atoms with E-state index in [4.69, 9.17) is 4.74 Å². The second kappa shape index (κ2) is 7.62. The number of carbonyl (C=O) groups is 2. The van der Waals surface area contributed by atoms with Gasteiger partial charge in [-0.15, -0.1) is 0 Å². The summed E-state index contributed by atoms with van der Waals surface area (Å²) in [4.78, 5) is 25.7. The monoisotopic (exact) mass is 342 g/mol. The Morgan fingerprint density at radius 1 is 0.885 bits per heavy atom. The summed E-state index contributed by atoms with van der Waals surface area (Å²) in [5, 5.41) is 0. The van der Waals surface area contributed by atoms with Gasteiger partial charge in [0, 0.05) is 16.7 Å². The number of para-hydroxylation sites is 1. The van der Waals surface area contributed by atoms with Gasteiger partial charge in [0.05, 0.1) is 5.56 Å². The molecule has 0 aliphatic heterocycles. The molecule has 0 unspecified atom stereocenters. The van der Waals surface area contributed by atoms with Crippen LogP contribution in [0, 0.1) is 6.92 Å². The van der Waals surface area contributed by atoms with Crippen LogP contribution >= 0.6 is 0 Å². The van der Waals surface area contributed by atoms with Crippen LogP contribution in [0.15, 0.2) is 79.4 Å². The lowest BCUT2D eigenvalue weighted by molar-refractivity contribution is 0.0730. The first-order valence-electron chi connectivity index (χ1n) is 8.25. The van der Waals surface area contributed by atoms with Gasteiger partial charge in [0.2, 0.25) is 0 Å². The van der Waals surface area contributed by atoms with Crippen molar-refractivity contribution >= 4 is 17.8 Å². The van der Waals surface area contributed by atoms with Crippen molar-refractivity contribution in [3.05, 3.63) is 107 Å². The fourth-order valence-electron chi connectivity index (χ4n) is 2.77. The second-order valence-electron chi connectivity index (χ2n) is 5.82. The Hall–Kier alpha value is -3.46. The largest absolute Gasteiger partial charge is 0.422 e. The average Bonchev–Trinajstić information content (AvgIpc) is 2.68. The third-order valence-electron chi connectivity index (χ3n) is 4.10.